The van der Waals surface area contributed by atoms with E-state index in [-0.39, 0.29) is 5.82 Å². The number of halogens is 2. The molecule has 1 aromatic carbocycles. The molecule has 0 heterocycles. The lowest BCUT2D eigenvalue weighted by Crippen LogP contribution is -1.89. The van der Waals surface area contributed by atoms with Gasteiger partial charge in [-0.15, -0.1) is 0 Å². The molecule has 0 unspecified atom stereocenters. The fourth-order valence-corrected chi connectivity index (χ4v) is 1.29. The molecule has 0 radical (unpaired) electrons. The molecule has 1 aromatic rings. The second kappa shape index (κ2) is 3.72. The molecule has 0 saturated carbocycles. The zero-order valence-electron chi connectivity index (χ0n) is 6.10. The minimum atomic E-state index is -0.236. The van der Waals surface area contributed by atoms with E-state index in [0.29, 0.717) is 11.1 Å². The van der Waals surface area contributed by atoms with Gasteiger partial charge in [-0.3, -0.25) is 0 Å². The van der Waals surface area contributed by atoms with E-state index in [9.17, 15) is 4.39 Å². The molecule has 0 aliphatic carbocycles. The minimum Gasteiger partial charge on any atom is -0.496 e. The van der Waals surface area contributed by atoms with Crippen molar-refractivity contribution in [3.8, 4) is 5.75 Å². The number of methoxy groups -OCH3 is 1. The summed E-state index contributed by atoms with van der Waals surface area (Å²) in [6.45, 7) is 0. The Morgan fingerprint density at radius 3 is 2.82 bits per heavy atom. The Hall–Kier alpha value is -0.570. The third kappa shape index (κ3) is 1.93. The van der Waals surface area contributed by atoms with Crippen LogP contribution in [0.25, 0.3) is 0 Å². The van der Waals surface area contributed by atoms with Gasteiger partial charge >= 0.3 is 0 Å². The van der Waals surface area contributed by atoms with Gasteiger partial charge in [0.15, 0.2) is 0 Å². The zero-order chi connectivity index (χ0) is 8.27. The van der Waals surface area contributed by atoms with Crippen molar-refractivity contribution in [2.24, 2.45) is 0 Å². The van der Waals surface area contributed by atoms with Gasteiger partial charge in [0, 0.05) is 10.9 Å². The first-order chi connectivity index (χ1) is 5.27. The second-order valence-corrected chi connectivity index (χ2v) is 2.65. The monoisotopic (exact) mass is 218 g/mol. The maximum absolute atomic E-state index is 12.6. The number of hydrogen-bond acceptors (Lipinski definition) is 1. The van der Waals surface area contributed by atoms with E-state index in [1.54, 1.807) is 13.2 Å². The fraction of sp³-hybridized carbons (Fsp3) is 0.250. The molecule has 0 spiro atoms. The van der Waals surface area contributed by atoms with Crippen LogP contribution in [0.3, 0.4) is 0 Å². The number of rotatable bonds is 2. The summed E-state index contributed by atoms with van der Waals surface area (Å²) in [4.78, 5) is 0. The first-order valence-corrected chi connectivity index (χ1v) is 4.28. The Bertz CT molecular complexity index is 250. The van der Waals surface area contributed by atoms with Crippen molar-refractivity contribution in [1.82, 2.24) is 0 Å². The van der Waals surface area contributed by atoms with Crippen LogP contribution in [-0.2, 0) is 5.33 Å². The molecule has 1 rings (SSSR count). The van der Waals surface area contributed by atoms with Crippen LogP contribution in [0, 0.1) is 5.82 Å². The average Bonchev–Trinajstić information content (AvgIpc) is 2.04. The number of ether oxygens (including phenoxy) is 1. The van der Waals surface area contributed by atoms with Crippen LogP contribution in [0.15, 0.2) is 18.2 Å². The molecule has 11 heavy (non-hydrogen) atoms. The normalized spacial score (nSPS) is 9.73. The Morgan fingerprint density at radius 1 is 1.55 bits per heavy atom. The lowest BCUT2D eigenvalue weighted by molar-refractivity contribution is 0.410. The van der Waals surface area contributed by atoms with E-state index in [1.807, 2.05) is 0 Å². The lowest BCUT2D eigenvalue weighted by atomic mass is 10.2. The van der Waals surface area contributed by atoms with Crippen LogP contribution in [0.5, 0.6) is 5.75 Å². The second-order valence-electron chi connectivity index (χ2n) is 2.09. The lowest BCUT2D eigenvalue weighted by Gasteiger charge is -2.04. The number of alkyl halides is 1. The fourth-order valence-electron chi connectivity index (χ4n) is 0.852. The van der Waals surface area contributed by atoms with Gasteiger partial charge in [-0.2, -0.15) is 0 Å². The van der Waals surface area contributed by atoms with E-state index < -0.39 is 0 Å². The van der Waals surface area contributed by atoms with Gasteiger partial charge < -0.3 is 4.74 Å². The van der Waals surface area contributed by atoms with Crippen LogP contribution < -0.4 is 4.74 Å². The summed E-state index contributed by atoms with van der Waals surface area (Å²) < 4.78 is 17.6. The molecular formula is C8H8BrFO. The Morgan fingerprint density at radius 2 is 2.27 bits per heavy atom. The molecule has 0 amide bonds. The minimum absolute atomic E-state index is 0.236. The molecule has 0 aromatic heterocycles. The predicted octanol–water partition coefficient (Wildman–Crippen LogP) is 2.73. The molecule has 3 heteroatoms. The standard InChI is InChI=1S/C8H8BrFO/c1-11-8-3-2-7(10)4-6(8)5-9/h2-4H,5H2,1H3. The SMILES string of the molecule is COc1ccc(F)cc1CBr. The average molecular weight is 219 g/mol. The first-order valence-electron chi connectivity index (χ1n) is 3.16. The number of hydrogen-bond donors (Lipinski definition) is 0. The molecule has 0 aliphatic heterocycles. The maximum atomic E-state index is 12.6. The number of benzene rings is 1. The largest absolute Gasteiger partial charge is 0.496 e. The van der Waals surface area contributed by atoms with Crippen molar-refractivity contribution >= 4 is 15.9 Å². The maximum Gasteiger partial charge on any atom is 0.123 e. The quantitative estimate of drug-likeness (QED) is 0.695. The highest BCUT2D eigenvalue weighted by atomic mass is 79.9. The van der Waals surface area contributed by atoms with Crippen molar-refractivity contribution in [2.75, 3.05) is 7.11 Å². The van der Waals surface area contributed by atoms with Crippen LogP contribution in [0.4, 0.5) is 4.39 Å². The summed E-state index contributed by atoms with van der Waals surface area (Å²) in [5, 5.41) is 0.605. The Labute approximate surface area is 73.3 Å². The van der Waals surface area contributed by atoms with E-state index >= 15 is 0 Å². The molecule has 0 atom stereocenters. The summed E-state index contributed by atoms with van der Waals surface area (Å²) in [6.07, 6.45) is 0. The van der Waals surface area contributed by atoms with Crippen molar-refractivity contribution in [1.29, 1.82) is 0 Å². The van der Waals surface area contributed by atoms with E-state index in [4.69, 9.17) is 4.74 Å². The Balaban J connectivity index is 3.06. The summed E-state index contributed by atoms with van der Waals surface area (Å²) in [6, 6.07) is 4.45. The molecule has 60 valence electrons. The van der Waals surface area contributed by atoms with Crippen molar-refractivity contribution in [2.45, 2.75) is 5.33 Å². The van der Waals surface area contributed by atoms with Crippen LogP contribution >= 0.6 is 15.9 Å². The molecule has 0 saturated heterocycles. The van der Waals surface area contributed by atoms with Gasteiger partial charge in [0.05, 0.1) is 7.11 Å². The van der Waals surface area contributed by atoms with Crippen molar-refractivity contribution in [3.05, 3.63) is 29.6 Å². The van der Waals surface area contributed by atoms with Crippen LogP contribution in [0.1, 0.15) is 5.56 Å². The van der Waals surface area contributed by atoms with Gasteiger partial charge in [-0.05, 0) is 18.2 Å². The van der Waals surface area contributed by atoms with E-state index in [1.165, 1.54) is 12.1 Å². The van der Waals surface area contributed by atoms with Gasteiger partial charge in [0.25, 0.3) is 0 Å². The molecule has 0 bridgehead atoms. The summed E-state index contributed by atoms with van der Waals surface area (Å²) in [7, 11) is 1.57. The highest BCUT2D eigenvalue weighted by Gasteiger charge is 2.01. The Kier molecular flexibility index (Phi) is 2.88. The van der Waals surface area contributed by atoms with Gasteiger partial charge in [-0.25, -0.2) is 4.39 Å². The third-order valence-corrected chi connectivity index (χ3v) is 1.99. The molecule has 0 fully saturated rings. The van der Waals surface area contributed by atoms with Gasteiger partial charge in [0.1, 0.15) is 11.6 Å². The highest BCUT2D eigenvalue weighted by molar-refractivity contribution is 9.08. The summed E-state index contributed by atoms with van der Waals surface area (Å²) in [5.41, 5.74) is 0.826. The van der Waals surface area contributed by atoms with Gasteiger partial charge in [0.2, 0.25) is 0 Å². The third-order valence-electron chi connectivity index (χ3n) is 1.39. The summed E-state index contributed by atoms with van der Waals surface area (Å²) in [5.74, 6) is 0.475. The molecule has 0 N–H and O–H groups in total. The highest BCUT2D eigenvalue weighted by Crippen LogP contribution is 2.21. The van der Waals surface area contributed by atoms with Crippen molar-refractivity contribution in [3.63, 3.8) is 0 Å². The molecule has 0 aliphatic rings. The molecule has 1 nitrogen and oxygen atoms in total. The van der Waals surface area contributed by atoms with Crippen LogP contribution in [0.2, 0.25) is 0 Å². The summed E-state index contributed by atoms with van der Waals surface area (Å²) >= 11 is 3.24. The van der Waals surface area contributed by atoms with Crippen molar-refractivity contribution < 1.29 is 9.13 Å². The van der Waals surface area contributed by atoms with Gasteiger partial charge in [-0.1, -0.05) is 15.9 Å². The predicted molar refractivity (Wildman–Crippen MR) is 45.6 cm³/mol. The first kappa shape index (κ1) is 8.53. The zero-order valence-corrected chi connectivity index (χ0v) is 7.69. The van der Waals surface area contributed by atoms with Crippen LogP contribution in [-0.4, -0.2) is 7.11 Å². The topological polar surface area (TPSA) is 9.23 Å². The van der Waals surface area contributed by atoms with E-state index in [2.05, 4.69) is 15.9 Å². The smallest absolute Gasteiger partial charge is 0.123 e. The van der Waals surface area contributed by atoms with E-state index in [0.717, 1.165) is 5.56 Å². The molecular weight excluding hydrogens is 211 g/mol.